The molecule has 0 spiro atoms. The van der Waals surface area contributed by atoms with E-state index in [1.54, 1.807) is 0 Å². The maximum atomic E-state index is 13.0. The fourth-order valence-electron chi connectivity index (χ4n) is 9.43. The molecule has 0 rings (SSSR count). The molecule has 0 aliphatic rings. The molecular formula is C77H128O6. The minimum atomic E-state index is -0.814. The van der Waals surface area contributed by atoms with Crippen LogP contribution in [0.25, 0.3) is 0 Å². The number of hydrogen-bond acceptors (Lipinski definition) is 6. The van der Waals surface area contributed by atoms with Crippen molar-refractivity contribution in [3.05, 3.63) is 134 Å². The van der Waals surface area contributed by atoms with Gasteiger partial charge in [0.2, 0.25) is 0 Å². The molecule has 0 saturated heterocycles. The molecule has 0 amide bonds. The fourth-order valence-corrected chi connectivity index (χ4v) is 9.43. The van der Waals surface area contributed by atoms with E-state index in [4.69, 9.17) is 14.2 Å². The van der Waals surface area contributed by atoms with Crippen LogP contribution in [-0.4, -0.2) is 37.2 Å². The van der Waals surface area contributed by atoms with E-state index in [2.05, 4.69) is 154 Å². The fraction of sp³-hybridized carbons (Fsp3) is 0.675. The van der Waals surface area contributed by atoms with Gasteiger partial charge in [-0.25, -0.2) is 0 Å². The van der Waals surface area contributed by atoms with E-state index in [1.165, 1.54) is 161 Å². The Labute approximate surface area is 513 Å². The molecule has 0 heterocycles. The Morgan fingerprint density at radius 2 is 0.482 bits per heavy atom. The molecule has 1 atom stereocenters. The highest BCUT2D eigenvalue weighted by Crippen LogP contribution is 2.16. The molecule has 0 radical (unpaired) electrons. The summed E-state index contributed by atoms with van der Waals surface area (Å²) in [6.45, 7) is 6.47. The maximum absolute atomic E-state index is 13.0. The van der Waals surface area contributed by atoms with Crippen molar-refractivity contribution >= 4 is 17.9 Å². The monoisotopic (exact) mass is 1150 g/mol. The summed E-state index contributed by atoms with van der Waals surface area (Å²) in [4.78, 5) is 38.4. The number of unbranched alkanes of at least 4 members (excludes halogenated alkanes) is 29. The summed E-state index contributed by atoms with van der Waals surface area (Å²) in [7, 11) is 0. The first kappa shape index (κ1) is 78.5. The van der Waals surface area contributed by atoms with Crippen LogP contribution < -0.4 is 0 Å². The second kappa shape index (κ2) is 70.0. The van der Waals surface area contributed by atoms with Crippen molar-refractivity contribution in [3.63, 3.8) is 0 Å². The zero-order valence-corrected chi connectivity index (χ0v) is 54.2. The number of rotatable bonds is 62. The van der Waals surface area contributed by atoms with Gasteiger partial charge < -0.3 is 14.2 Å². The standard InChI is InChI=1S/C77H128O6/c1-4-7-10-13-16-19-22-25-28-31-33-35-37-38-40-41-43-46-49-52-55-58-61-64-67-70-76(79)82-73-74(72-81-75(78)69-66-63-60-57-54-51-48-45-30-27-24-21-18-15-12-9-6-3)83-77(80)71-68-65-62-59-56-53-50-47-44-42-39-36-34-32-29-26-23-20-17-14-11-8-5-2/h9,12,18,21-23,25-27,30-34,37-39,42,48,51,57,60,74H,4-8,10-11,13-17,19-20,24,28-29,35-36,40-41,43-47,49-50,52-56,58-59,61-73H2,1-3H3/b12-9-,21-18-,25-22-,26-23-,30-27-,33-31-,34-32-,38-37-,42-39-,51-48-,60-57-. The molecule has 0 N–H and O–H groups in total. The van der Waals surface area contributed by atoms with Crippen molar-refractivity contribution in [2.24, 2.45) is 0 Å². The molecule has 472 valence electrons. The summed E-state index contributed by atoms with van der Waals surface area (Å²) in [5.74, 6) is -0.970. The van der Waals surface area contributed by atoms with Crippen LogP contribution in [0.4, 0.5) is 0 Å². The van der Waals surface area contributed by atoms with E-state index in [0.717, 1.165) is 109 Å². The average molecular weight is 1150 g/mol. The van der Waals surface area contributed by atoms with E-state index >= 15 is 0 Å². The second-order valence-electron chi connectivity index (χ2n) is 22.7. The van der Waals surface area contributed by atoms with Crippen LogP contribution in [0.2, 0.25) is 0 Å². The Morgan fingerprint density at radius 3 is 0.783 bits per heavy atom. The zero-order chi connectivity index (χ0) is 59.9. The summed E-state index contributed by atoms with van der Waals surface area (Å²) >= 11 is 0. The lowest BCUT2D eigenvalue weighted by Gasteiger charge is -2.18. The molecule has 0 aliphatic carbocycles. The summed E-state index contributed by atoms with van der Waals surface area (Å²) in [6, 6.07) is 0. The Kier molecular flexibility index (Phi) is 66.3. The first-order valence-corrected chi connectivity index (χ1v) is 34.7. The van der Waals surface area contributed by atoms with E-state index in [-0.39, 0.29) is 37.5 Å². The van der Waals surface area contributed by atoms with Gasteiger partial charge in [-0.15, -0.1) is 0 Å². The van der Waals surface area contributed by atoms with Crippen molar-refractivity contribution in [3.8, 4) is 0 Å². The quantitative estimate of drug-likeness (QED) is 0.0261. The van der Waals surface area contributed by atoms with Crippen molar-refractivity contribution in [2.75, 3.05) is 13.2 Å². The van der Waals surface area contributed by atoms with Crippen LogP contribution in [0.3, 0.4) is 0 Å². The van der Waals surface area contributed by atoms with Crippen LogP contribution in [0.1, 0.15) is 316 Å². The third kappa shape index (κ3) is 68.2. The predicted octanol–water partition coefficient (Wildman–Crippen LogP) is 24.1. The van der Waals surface area contributed by atoms with Crippen molar-refractivity contribution < 1.29 is 28.6 Å². The maximum Gasteiger partial charge on any atom is 0.306 e. The minimum absolute atomic E-state index is 0.104. The molecule has 6 heteroatoms. The van der Waals surface area contributed by atoms with E-state index in [9.17, 15) is 14.4 Å². The lowest BCUT2D eigenvalue weighted by atomic mass is 10.1. The Bertz CT molecular complexity index is 1750. The first-order valence-electron chi connectivity index (χ1n) is 34.7. The molecule has 0 saturated carbocycles. The van der Waals surface area contributed by atoms with E-state index in [1.807, 2.05) is 0 Å². The topological polar surface area (TPSA) is 78.9 Å². The Balaban J connectivity index is 4.45. The van der Waals surface area contributed by atoms with Crippen molar-refractivity contribution in [2.45, 2.75) is 322 Å². The smallest absolute Gasteiger partial charge is 0.306 e. The lowest BCUT2D eigenvalue weighted by Crippen LogP contribution is -2.30. The van der Waals surface area contributed by atoms with Gasteiger partial charge in [-0.1, -0.05) is 296 Å². The van der Waals surface area contributed by atoms with Gasteiger partial charge in [0.05, 0.1) is 0 Å². The van der Waals surface area contributed by atoms with Gasteiger partial charge in [0.25, 0.3) is 0 Å². The van der Waals surface area contributed by atoms with Crippen LogP contribution in [0, 0.1) is 0 Å². The van der Waals surface area contributed by atoms with Crippen molar-refractivity contribution in [1.29, 1.82) is 0 Å². The van der Waals surface area contributed by atoms with Gasteiger partial charge >= 0.3 is 17.9 Å². The summed E-state index contributed by atoms with van der Waals surface area (Å²) in [6.07, 6.45) is 99.0. The summed E-state index contributed by atoms with van der Waals surface area (Å²) < 4.78 is 16.9. The normalized spacial score (nSPS) is 13.0. The third-order valence-corrected chi connectivity index (χ3v) is 14.6. The summed E-state index contributed by atoms with van der Waals surface area (Å²) in [5.41, 5.74) is 0. The largest absolute Gasteiger partial charge is 0.462 e. The Hall–Kier alpha value is -4.45. The summed E-state index contributed by atoms with van der Waals surface area (Å²) in [5, 5.41) is 0. The molecular weight excluding hydrogens is 1020 g/mol. The molecule has 0 fully saturated rings. The highest BCUT2D eigenvalue weighted by Gasteiger charge is 2.19. The molecule has 83 heavy (non-hydrogen) atoms. The highest BCUT2D eigenvalue weighted by molar-refractivity contribution is 5.71. The third-order valence-electron chi connectivity index (χ3n) is 14.6. The molecule has 6 nitrogen and oxygen atoms in total. The van der Waals surface area contributed by atoms with Crippen LogP contribution in [0.5, 0.6) is 0 Å². The van der Waals surface area contributed by atoms with Crippen LogP contribution in [0.15, 0.2) is 134 Å². The molecule has 0 bridgehead atoms. The first-order chi connectivity index (χ1) is 41.0. The van der Waals surface area contributed by atoms with Gasteiger partial charge in [0.15, 0.2) is 6.10 Å². The predicted molar refractivity (Wildman–Crippen MR) is 362 cm³/mol. The second-order valence-corrected chi connectivity index (χ2v) is 22.7. The molecule has 0 aromatic rings. The van der Waals surface area contributed by atoms with Crippen molar-refractivity contribution in [1.82, 2.24) is 0 Å². The number of esters is 3. The van der Waals surface area contributed by atoms with Crippen LogP contribution in [-0.2, 0) is 28.6 Å². The number of ether oxygens (including phenoxy) is 3. The number of hydrogen-bond donors (Lipinski definition) is 0. The van der Waals surface area contributed by atoms with Gasteiger partial charge in [-0.2, -0.15) is 0 Å². The molecule has 0 aliphatic heterocycles. The highest BCUT2D eigenvalue weighted by atomic mass is 16.6. The Morgan fingerprint density at radius 1 is 0.253 bits per heavy atom. The number of carbonyl (C=O) groups is 3. The minimum Gasteiger partial charge on any atom is -0.462 e. The molecule has 1 unspecified atom stereocenters. The van der Waals surface area contributed by atoms with Gasteiger partial charge in [0.1, 0.15) is 13.2 Å². The average Bonchev–Trinajstić information content (AvgIpc) is 3.49. The van der Waals surface area contributed by atoms with E-state index in [0.29, 0.717) is 19.3 Å². The SMILES string of the molecule is CC/C=C\C/C=C\C/C=C\C/C=C\C/C=C\CCCC(=O)OCC(COC(=O)CCCCCCCCCCCC/C=C\C/C=C\C/C=C\CCCCCCC)OC(=O)CCCCCCCCCC/C=C\C/C=C\C/C=C\CCCCCCC. The molecule has 0 aromatic heterocycles. The van der Waals surface area contributed by atoms with Crippen LogP contribution >= 0.6 is 0 Å². The molecule has 0 aromatic carbocycles. The van der Waals surface area contributed by atoms with Gasteiger partial charge in [-0.05, 0) is 135 Å². The number of allylic oxidation sites excluding steroid dienone is 22. The van der Waals surface area contributed by atoms with E-state index < -0.39 is 6.10 Å². The van der Waals surface area contributed by atoms with Gasteiger partial charge in [-0.3, -0.25) is 14.4 Å². The number of carbonyl (C=O) groups excluding carboxylic acids is 3. The lowest BCUT2D eigenvalue weighted by molar-refractivity contribution is -0.167. The zero-order valence-electron chi connectivity index (χ0n) is 54.2. The van der Waals surface area contributed by atoms with Gasteiger partial charge in [0, 0.05) is 19.3 Å².